The Morgan fingerprint density at radius 3 is 0.610 bits per heavy atom. The first-order valence-corrected chi connectivity index (χ1v) is 20.1. The van der Waals surface area contributed by atoms with Crippen molar-refractivity contribution in [1.29, 1.82) is 0 Å². The quantitative estimate of drug-likeness (QED) is 0.0427. The molecule has 0 aliphatic rings. The van der Waals surface area contributed by atoms with Crippen molar-refractivity contribution in [2.75, 3.05) is 11.5 Å². The Hall–Kier alpha value is 0.314. The van der Waals surface area contributed by atoms with Crippen LogP contribution < -0.4 is 0 Å². The van der Waals surface area contributed by atoms with Gasteiger partial charge < -0.3 is 9.11 Å². The zero-order valence-electron chi connectivity index (χ0n) is 26.8. The standard InChI is InChI=1S/2C16H34O3S.Ni/c2*1-2-3-4-5-6-7-8-9-10-11-12-13-14-15-16-20(17,18)19;/h2*2-16H2,1H3,(H,17,18,19);/q;;+2/p-2. The molecule has 0 saturated carbocycles. The van der Waals surface area contributed by atoms with Crippen molar-refractivity contribution >= 4 is 20.2 Å². The Kier molecular flexibility index (Phi) is 38.8. The van der Waals surface area contributed by atoms with E-state index < -0.39 is 20.2 Å². The second-order valence-electron chi connectivity index (χ2n) is 11.7. The van der Waals surface area contributed by atoms with E-state index >= 15 is 0 Å². The number of rotatable bonds is 30. The molecule has 0 rings (SSSR count). The van der Waals surface area contributed by atoms with Crippen LogP contribution in [0.2, 0.25) is 0 Å². The van der Waals surface area contributed by atoms with E-state index in [9.17, 15) is 25.9 Å². The van der Waals surface area contributed by atoms with Crippen molar-refractivity contribution < 1.29 is 42.4 Å². The van der Waals surface area contributed by atoms with Crippen LogP contribution in [0.3, 0.4) is 0 Å². The number of unbranched alkanes of at least 4 members (excludes halogenated alkanes) is 26. The van der Waals surface area contributed by atoms with Crippen molar-refractivity contribution in [2.24, 2.45) is 0 Å². The van der Waals surface area contributed by atoms with Crippen molar-refractivity contribution in [3.63, 3.8) is 0 Å². The molecule has 0 saturated heterocycles. The molecule has 0 aromatic heterocycles. The van der Waals surface area contributed by atoms with Crippen LogP contribution >= 0.6 is 0 Å². The van der Waals surface area contributed by atoms with Crippen LogP contribution in [0.5, 0.6) is 0 Å². The van der Waals surface area contributed by atoms with E-state index in [0.717, 1.165) is 25.7 Å². The molecule has 0 fully saturated rings. The normalized spacial score (nSPS) is 11.6. The molecule has 0 amide bonds. The topological polar surface area (TPSA) is 114 Å². The van der Waals surface area contributed by atoms with Crippen molar-refractivity contribution in [1.82, 2.24) is 0 Å². The SMILES string of the molecule is CCCCCCCCCCCCCCCCS(=O)(=O)[O-].CCCCCCCCCCCCCCCCS(=O)(=O)[O-].[Ni+2]. The summed E-state index contributed by atoms with van der Waals surface area (Å²) in [6, 6.07) is 0. The first-order valence-electron chi connectivity index (χ1n) is 17.0. The van der Waals surface area contributed by atoms with Gasteiger partial charge in [0.2, 0.25) is 0 Å². The van der Waals surface area contributed by atoms with Crippen LogP contribution in [0.4, 0.5) is 0 Å². The maximum atomic E-state index is 10.4. The monoisotopic (exact) mass is 668 g/mol. The number of hydrogen-bond donors (Lipinski definition) is 0. The summed E-state index contributed by atoms with van der Waals surface area (Å²) in [6.45, 7) is 4.50. The van der Waals surface area contributed by atoms with E-state index in [4.69, 9.17) is 0 Å². The number of hydrogen-bond acceptors (Lipinski definition) is 6. The van der Waals surface area contributed by atoms with Crippen LogP contribution in [0.1, 0.15) is 194 Å². The van der Waals surface area contributed by atoms with Crippen LogP contribution in [0.25, 0.3) is 0 Å². The largest absolute Gasteiger partial charge is 2.00 e. The van der Waals surface area contributed by atoms with Gasteiger partial charge in [-0.15, -0.1) is 0 Å². The third-order valence-electron chi connectivity index (χ3n) is 7.50. The minimum absolute atomic E-state index is 0. The van der Waals surface area contributed by atoms with E-state index in [1.54, 1.807) is 0 Å². The third kappa shape index (κ3) is 50.3. The van der Waals surface area contributed by atoms with Gasteiger partial charge in [-0.2, -0.15) is 0 Å². The van der Waals surface area contributed by atoms with E-state index in [2.05, 4.69) is 13.8 Å². The van der Waals surface area contributed by atoms with Crippen molar-refractivity contribution in [3.8, 4) is 0 Å². The second kappa shape index (κ2) is 34.8. The van der Waals surface area contributed by atoms with Gasteiger partial charge >= 0.3 is 16.5 Å². The maximum absolute atomic E-state index is 10.4. The van der Waals surface area contributed by atoms with E-state index in [1.807, 2.05) is 0 Å². The van der Waals surface area contributed by atoms with Gasteiger partial charge in [-0.1, -0.05) is 181 Å². The predicted molar refractivity (Wildman–Crippen MR) is 170 cm³/mol. The van der Waals surface area contributed by atoms with Gasteiger partial charge in [0.1, 0.15) is 0 Å². The smallest absolute Gasteiger partial charge is 0.748 e. The summed E-state index contributed by atoms with van der Waals surface area (Å²) >= 11 is 0. The van der Waals surface area contributed by atoms with Crippen molar-refractivity contribution in [2.45, 2.75) is 194 Å². The zero-order chi connectivity index (χ0) is 30.2. The minimum atomic E-state index is -3.99. The van der Waals surface area contributed by atoms with Crippen molar-refractivity contribution in [3.05, 3.63) is 0 Å². The third-order valence-corrected chi connectivity index (χ3v) is 9.07. The van der Waals surface area contributed by atoms with Crippen LogP contribution in [0.15, 0.2) is 0 Å². The van der Waals surface area contributed by atoms with Gasteiger partial charge in [-0.3, -0.25) is 0 Å². The Morgan fingerprint density at radius 2 is 0.463 bits per heavy atom. The summed E-state index contributed by atoms with van der Waals surface area (Å²) in [5, 5.41) is 0. The molecule has 0 heterocycles. The maximum Gasteiger partial charge on any atom is 2.00 e. The first-order chi connectivity index (χ1) is 19.1. The Labute approximate surface area is 266 Å². The Bertz CT molecular complexity index is 639. The summed E-state index contributed by atoms with van der Waals surface area (Å²) in [4.78, 5) is 0. The summed E-state index contributed by atoms with van der Waals surface area (Å²) in [6.07, 6.45) is 34.3. The molecule has 0 radical (unpaired) electrons. The molecule has 252 valence electrons. The molecule has 6 nitrogen and oxygen atoms in total. The van der Waals surface area contributed by atoms with Gasteiger partial charge in [0.15, 0.2) is 0 Å². The molecule has 0 bridgehead atoms. The molecule has 0 spiro atoms. The molecule has 0 atom stereocenters. The average molecular weight is 670 g/mol. The average Bonchev–Trinajstić information content (AvgIpc) is 2.88. The minimum Gasteiger partial charge on any atom is -0.748 e. The molecular weight excluding hydrogens is 603 g/mol. The molecule has 0 aromatic rings. The Balaban J connectivity index is -0.000000688. The molecule has 0 aromatic carbocycles. The van der Waals surface area contributed by atoms with Crippen LogP contribution in [-0.4, -0.2) is 37.4 Å². The fraction of sp³-hybridized carbons (Fsp3) is 1.00. The van der Waals surface area contributed by atoms with E-state index in [-0.39, 0.29) is 28.0 Å². The second-order valence-corrected chi connectivity index (χ2v) is 14.8. The summed E-state index contributed by atoms with van der Waals surface area (Å²) in [5.41, 5.74) is 0. The summed E-state index contributed by atoms with van der Waals surface area (Å²) < 4.78 is 62.4. The van der Waals surface area contributed by atoms with E-state index in [1.165, 1.54) is 141 Å². The molecular formula is C32H66NiO6S2. The molecule has 41 heavy (non-hydrogen) atoms. The van der Waals surface area contributed by atoms with E-state index in [0.29, 0.717) is 12.8 Å². The fourth-order valence-electron chi connectivity index (χ4n) is 4.95. The van der Waals surface area contributed by atoms with Gasteiger partial charge in [-0.05, 0) is 12.8 Å². The first kappa shape index (κ1) is 45.7. The summed E-state index contributed by atoms with van der Waals surface area (Å²) in [5.74, 6) is -0.379. The molecule has 0 unspecified atom stereocenters. The predicted octanol–water partition coefficient (Wildman–Crippen LogP) is 10.0. The van der Waals surface area contributed by atoms with Crippen LogP contribution in [-0.2, 0) is 36.7 Å². The fourth-order valence-corrected chi connectivity index (χ4v) is 6.06. The molecule has 0 aliphatic heterocycles. The molecule has 0 N–H and O–H groups in total. The summed E-state index contributed by atoms with van der Waals surface area (Å²) in [7, 11) is -7.98. The van der Waals surface area contributed by atoms with Crippen LogP contribution in [0, 0.1) is 0 Å². The van der Waals surface area contributed by atoms with Gasteiger partial charge in [-0.25, -0.2) is 16.8 Å². The van der Waals surface area contributed by atoms with Gasteiger partial charge in [0.25, 0.3) is 0 Å². The molecule has 9 heteroatoms. The van der Waals surface area contributed by atoms with Gasteiger partial charge in [0, 0.05) is 11.5 Å². The molecule has 0 aliphatic carbocycles. The Morgan fingerprint density at radius 1 is 0.317 bits per heavy atom. The van der Waals surface area contributed by atoms with Gasteiger partial charge in [0.05, 0.1) is 20.2 Å². The zero-order valence-corrected chi connectivity index (χ0v) is 29.4.